The molecule has 1 amide bonds. The van der Waals surface area contributed by atoms with Crippen LogP contribution in [-0.2, 0) is 14.8 Å². The number of ether oxygens (including phenoxy) is 1. The quantitative estimate of drug-likeness (QED) is 0.675. The topological polar surface area (TPSA) is 75.7 Å². The molecule has 1 aliphatic rings. The van der Waals surface area contributed by atoms with E-state index in [1.54, 1.807) is 0 Å². The van der Waals surface area contributed by atoms with E-state index in [0.29, 0.717) is 37.6 Å². The van der Waals surface area contributed by atoms with E-state index in [1.165, 1.54) is 28.6 Å². The van der Waals surface area contributed by atoms with Crippen LogP contribution in [0.25, 0.3) is 0 Å². The summed E-state index contributed by atoms with van der Waals surface area (Å²) in [5.74, 6) is 0.483. The number of hydrogen-bond acceptors (Lipinski definition) is 4. The van der Waals surface area contributed by atoms with Crippen LogP contribution >= 0.6 is 11.6 Å². The fraction of sp³-hybridized carbons (Fsp3) is 0.381. The van der Waals surface area contributed by atoms with Crippen molar-refractivity contribution in [3.63, 3.8) is 0 Å². The lowest BCUT2D eigenvalue weighted by molar-refractivity contribution is -0.124. The van der Waals surface area contributed by atoms with Gasteiger partial charge in [-0.1, -0.05) is 23.7 Å². The van der Waals surface area contributed by atoms with Crippen LogP contribution in [0.2, 0.25) is 5.02 Å². The number of aryl methyl sites for hydroxylation is 1. The lowest BCUT2D eigenvalue weighted by Crippen LogP contribution is -2.46. The fourth-order valence-corrected chi connectivity index (χ4v) is 5.15. The molecule has 1 unspecified atom stereocenters. The Balaban J connectivity index is 1.58. The van der Waals surface area contributed by atoms with Gasteiger partial charge in [-0.25, -0.2) is 8.42 Å². The zero-order chi connectivity index (χ0) is 21.0. The minimum Gasteiger partial charge on any atom is -0.491 e. The molecule has 1 saturated heterocycles. The Morgan fingerprint density at radius 2 is 1.93 bits per heavy atom. The number of halogens is 1. The molecule has 0 aliphatic carbocycles. The molecule has 8 heteroatoms. The van der Waals surface area contributed by atoms with Crippen molar-refractivity contribution in [1.82, 2.24) is 9.62 Å². The maximum Gasteiger partial charge on any atom is 0.243 e. The van der Waals surface area contributed by atoms with Crippen molar-refractivity contribution in [2.75, 3.05) is 19.7 Å². The Morgan fingerprint density at radius 3 is 2.66 bits per heavy atom. The maximum atomic E-state index is 12.9. The average Bonchev–Trinajstić information content (AvgIpc) is 3.19. The van der Waals surface area contributed by atoms with Gasteiger partial charge in [0.1, 0.15) is 18.4 Å². The van der Waals surface area contributed by atoms with Gasteiger partial charge in [0.2, 0.25) is 15.9 Å². The highest BCUT2D eigenvalue weighted by atomic mass is 35.5. The number of nitrogens with one attached hydrogen (secondary N) is 1. The van der Waals surface area contributed by atoms with E-state index in [4.69, 9.17) is 16.3 Å². The third-order valence-corrected chi connectivity index (χ3v) is 7.31. The van der Waals surface area contributed by atoms with E-state index in [1.807, 2.05) is 32.0 Å². The molecule has 0 spiro atoms. The summed E-state index contributed by atoms with van der Waals surface area (Å²) in [4.78, 5) is 12.8. The highest BCUT2D eigenvalue weighted by molar-refractivity contribution is 7.89. The standard InChI is InChI=1S/C21H25ClN2O4S/c1-15-5-3-7-20(16(15)2)28-14-12-23-21(25)19-6-4-13-24(19)29(26,27)18-10-8-17(22)9-11-18/h3,5,7-11,19H,4,6,12-14H2,1-2H3,(H,23,25). The molecule has 6 nitrogen and oxygen atoms in total. The molecule has 29 heavy (non-hydrogen) atoms. The van der Waals surface area contributed by atoms with E-state index >= 15 is 0 Å². The summed E-state index contributed by atoms with van der Waals surface area (Å²) in [7, 11) is -3.75. The van der Waals surface area contributed by atoms with Gasteiger partial charge in [0.15, 0.2) is 0 Å². The molecule has 2 aromatic rings. The van der Waals surface area contributed by atoms with Crippen molar-refractivity contribution in [3.8, 4) is 5.75 Å². The van der Waals surface area contributed by atoms with Crippen molar-refractivity contribution >= 4 is 27.5 Å². The molecule has 3 rings (SSSR count). The van der Waals surface area contributed by atoms with Gasteiger partial charge in [-0.05, 0) is 68.1 Å². The summed E-state index contributed by atoms with van der Waals surface area (Å²) in [5, 5.41) is 3.26. The van der Waals surface area contributed by atoms with Crippen LogP contribution in [0.4, 0.5) is 0 Å². The molecular formula is C21H25ClN2O4S. The SMILES string of the molecule is Cc1cccc(OCCNC(=O)C2CCCN2S(=O)(=O)c2ccc(Cl)cc2)c1C. The van der Waals surface area contributed by atoms with Gasteiger partial charge in [0.05, 0.1) is 11.4 Å². The summed E-state index contributed by atoms with van der Waals surface area (Å²) in [5.41, 5.74) is 2.20. The van der Waals surface area contributed by atoms with Crippen LogP contribution < -0.4 is 10.1 Å². The molecule has 1 aliphatic heterocycles. The zero-order valence-corrected chi connectivity index (χ0v) is 18.1. The first-order valence-electron chi connectivity index (χ1n) is 9.55. The minimum atomic E-state index is -3.75. The molecule has 1 heterocycles. The number of benzene rings is 2. The Bertz CT molecular complexity index is 977. The molecule has 156 valence electrons. The van der Waals surface area contributed by atoms with Crippen molar-refractivity contribution in [3.05, 3.63) is 58.6 Å². The molecule has 1 atom stereocenters. The van der Waals surface area contributed by atoms with Gasteiger partial charge in [-0.2, -0.15) is 4.31 Å². The number of carbonyl (C=O) groups is 1. The molecule has 1 fully saturated rings. The second-order valence-electron chi connectivity index (χ2n) is 7.07. The number of rotatable bonds is 7. The third kappa shape index (κ3) is 4.91. The number of carbonyl (C=O) groups excluding carboxylic acids is 1. The third-order valence-electron chi connectivity index (χ3n) is 5.14. The Kier molecular flexibility index (Phi) is 6.82. The highest BCUT2D eigenvalue weighted by Gasteiger charge is 2.39. The van der Waals surface area contributed by atoms with Crippen molar-refractivity contribution in [1.29, 1.82) is 0 Å². The summed E-state index contributed by atoms with van der Waals surface area (Å²) >= 11 is 5.85. The number of sulfonamides is 1. The maximum absolute atomic E-state index is 12.9. The first-order chi connectivity index (χ1) is 13.8. The predicted octanol–water partition coefficient (Wildman–Crippen LogP) is 3.31. The second kappa shape index (κ2) is 9.15. The van der Waals surface area contributed by atoms with Gasteiger partial charge >= 0.3 is 0 Å². The van der Waals surface area contributed by atoms with Crippen LogP contribution in [-0.4, -0.2) is 44.4 Å². The van der Waals surface area contributed by atoms with E-state index in [2.05, 4.69) is 5.32 Å². The molecule has 0 radical (unpaired) electrons. The van der Waals surface area contributed by atoms with Crippen molar-refractivity contribution < 1.29 is 17.9 Å². The van der Waals surface area contributed by atoms with Gasteiger partial charge in [0, 0.05) is 11.6 Å². The van der Waals surface area contributed by atoms with E-state index in [-0.39, 0.29) is 10.8 Å². The van der Waals surface area contributed by atoms with Gasteiger partial charge < -0.3 is 10.1 Å². The Labute approximate surface area is 176 Å². The smallest absolute Gasteiger partial charge is 0.243 e. The van der Waals surface area contributed by atoms with Crippen LogP contribution in [0, 0.1) is 13.8 Å². The monoisotopic (exact) mass is 436 g/mol. The van der Waals surface area contributed by atoms with Crippen molar-refractivity contribution in [2.24, 2.45) is 0 Å². The fourth-order valence-electron chi connectivity index (χ4n) is 3.37. The van der Waals surface area contributed by atoms with Crippen LogP contribution in [0.3, 0.4) is 0 Å². The lowest BCUT2D eigenvalue weighted by atomic mass is 10.1. The zero-order valence-electron chi connectivity index (χ0n) is 16.5. The second-order valence-corrected chi connectivity index (χ2v) is 9.39. The van der Waals surface area contributed by atoms with Crippen LogP contribution in [0.15, 0.2) is 47.4 Å². The Morgan fingerprint density at radius 1 is 1.21 bits per heavy atom. The summed E-state index contributed by atoms with van der Waals surface area (Å²) < 4.78 is 32.9. The molecule has 0 saturated carbocycles. The highest BCUT2D eigenvalue weighted by Crippen LogP contribution is 2.27. The normalized spacial score (nSPS) is 17.3. The number of hydrogen-bond donors (Lipinski definition) is 1. The summed E-state index contributed by atoms with van der Waals surface area (Å²) in [6.45, 7) is 4.94. The molecule has 0 aromatic heterocycles. The molecule has 2 aromatic carbocycles. The largest absolute Gasteiger partial charge is 0.491 e. The summed E-state index contributed by atoms with van der Waals surface area (Å²) in [6.07, 6.45) is 1.14. The summed E-state index contributed by atoms with van der Waals surface area (Å²) in [6, 6.07) is 11.1. The van der Waals surface area contributed by atoms with Crippen molar-refractivity contribution in [2.45, 2.75) is 37.6 Å². The van der Waals surface area contributed by atoms with E-state index < -0.39 is 16.1 Å². The molecular weight excluding hydrogens is 412 g/mol. The first kappa shape index (κ1) is 21.6. The van der Waals surface area contributed by atoms with Gasteiger partial charge in [0.25, 0.3) is 0 Å². The van der Waals surface area contributed by atoms with Gasteiger partial charge in [-0.3, -0.25) is 4.79 Å². The molecule has 1 N–H and O–H groups in total. The van der Waals surface area contributed by atoms with Gasteiger partial charge in [-0.15, -0.1) is 0 Å². The van der Waals surface area contributed by atoms with Crippen LogP contribution in [0.1, 0.15) is 24.0 Å². The minimum absolute atomic E-state index is 0.139. The lowest BCUT2D eigenvalue weighted by Gasteiger charge is -2.23. The first-order valence-corrected chi connectivity index (χ1v) is 11.4. The van der Waals surface area contributed by atoms with Crippen LogP contribution in [0.5, 0.6) is 5.75 Å². The number of amides is 1. The van der Waals surface area contributed by atoms with E-state index in [0.717, 1.165) is 16.9 Å². The average molecular weight is 437 g/mol. The molecule has 0 bridgehead atoms. The van der Waals surface area contributed by atoms with E-state index in [9.17, 15) is 13.2 Å². The number of nitrogens with zero attached hydrogens (tertiary/aromatic N) is 1. The Hall–Kier alpha value is -2.09. The predicted molar refractivity (Wildman–Crippen MR) is 113 cm³/mol.